The smallest absolute Gasteiger partial charge is 0.161 e. The van der Waals surface area contributed by atoms with Crippen molar-refractivity contribution >= 4 is 0 Å². The second-order valence-corrected chi connectivity index (χ2v) is 4.08. The first-order chi connectivity index (χ1) is 8.40. The number of unbranched alkanes of at least 4 members (excludes halogenated alkanes) is 1. The average Bonchev–Trinajstić information content (AvgIpc) is 2.38. The van der Waals surface area contributed by atoms with E-state index in [0.717, 1.165) is 37.2 Å². The molecule has 1 heterocycles. The molecule has 0 amide bonds. The van der Waals surface area contributed by atoms with Crippen LogP contribution < -0.4 is 9.47 Å². The fourth-order valence-corrected chi connectivity index (χ4v) is 1.75. The third kappa shape index (κ3) is 3.42. The Balaban J connectivity index is 1.91. The van der Waals surface area contributed by atoms with Crippen LogP contribution in [-0.2, 0) is 6.42 Å². The molecule has 0 aliphatic carbocycles. The van der Waals surface area contributed by atoms with Crippen molar-refractivity contribution in [1.82, 2.24) is 0 Å². The fourth-order valence-electron chi connectivity index (χ4n) is 1.75. The molecule has 1 aliphatic heterocycles. The standard InChI is InChI=1S/C15H18O2/c1-2-3-4-5-6-7-13-8-9-14-15(12-13)17-11-10-16-14/h8-9,12H,2-3,6-7,10-11H2,1H3. The third-order valence-corrected chi connectivity index (χ3v) is 2.65. The molecule has 1 aromatic carbocycles. The fraction of sp³-hybridized carbons (Fsp3) is 0.467. The highest BCUT2D eigenvalue weighted by atomic mass is 16.6. The zero-order chi connectivity index (χ0) is 11.9. The van der Waals surface area contributed by atoms with Crippen LogP contribution in [0.15, 0.2) is 18.2 Å². The second-order valence-electron chi connectivity index (χ2n) is 4.08. The van der Waals surface area contributed by atoms with E-state index in [1.54, 1.807) is 0 Å². The molecule has 2 nitrogen and oxygen atoms in total. The quantitative estimate of drug-likeness (QED) is 0.742. The molecule has 0 aromatic heterocycles. The minimum atomic E-state index is 0.646. The maximum Gasteiger partial charge on any atom is 0.161 e. The summed E-state index contributed by atoms with van der Waals surface area (Å²) in [4.78, 5) is 0. The van der Waals surface area contributed by atoms with E-state index in [4.69, 9.17) is 9.47 Å². The first kappa shape index (κ1) is 11.9. The van der Waals surface area contributed by atoms with Gasteiger partial charge in [0.25, 0.3) is 0 Å². The largest absolute Gasteiger partial charge is 0.486 e. The molecule has 0 saturated heterocycles. The molecule has 0 fully saturated rings. The number of rotatable bonds is 3. The van der Waals surface area contributed by atoms with E-state index >= 15 is 0 Å². The summed E-state index contributed by atoms with van der Waals surface area (Å²) >= 11 is 0. The number of ether oxygens (including phenoxy) is 2. The van der Waals surface area contributed by atoms with Crippen LogP contribution >= 0.6 is 0 Å². The van der Waals surface area contributed by atoms with E-state index in [0.29, 0.717) is 13.2 Å². The minimum Gasteiger partial charge on any atom is -0.486 e. The summed E-state index contributed by atoms with van der Waals surface area (Å²) in [5, 5.41) is 0. The molecule has 0 unspecified atom stereocenters. The number of hydrogen-bond acceptors (Lipinski definition) is 2. The molecule has 1 aromatic rings. The lowest BCUT2D eigenvalue weighted by molar-refractivity contribution is 0.171. The van der Waals surface area contributed by atoms with E-state index in [-0.39, 0.29) is 0 Å². The molecular weight excluding hydrogens is 212 g/mol. The van der Waals surface area contributed by atoms with Gasteiger partial charge in [-0.15, -0.1) is 11.8 Å². The molecule has 1 aliphatic rings. The van der Waals surface area contributed by atoms with Crippen molar-refractivity contribution in [2.24, 2.45) is 0 Å². The van der Waals surface area contributed by atoms with Gasteiger partial charge in [-0.1, -0.05) is 13.0 Å². The van der Waals surface area contributed by atoms with E-state index in [9.17, 15) is 0 Å². The number of benzene rings is 1. The highest BCUT2D eigenvalue weighted by Gasteiger charge is 2.10. The highest BCUT2D eigenvalue weighted by Crippen LogP contribution is 2.30. The van der Waals surface area contributed by atoms with Crippen LogP contribution in [0.1, 0.15) is 31.7 Å². The molecule has 0 spiro atoms. The lowest BCUT2D eigenvalue weighted by atomic mass is 10.1. The Morgan fingerprint density at radius 3 is 2.65 bits per heavy atom. The van der Waals surface area contributed by atoms with E-state index in [1.807, 2.05) is 6.07 Å². The minimum absolute atomic E-state index is 0.646. The van der Waals surface area contributed by atoms with Crippen molar-refractivity contribution in [3.05, 3.63) is 23.8 Å². The first-order valence-corrected chi connectivity index (χ1v) is 6.24. The zero-order valence-corrected chi connectivity index (χ0v) is 10.3. The van der Waals surface area contributed by atoms with E-state index in [2.05, 4.69) is 30.9 Å². The van der Waals surface area contributed by atoms with Gasteiger partial charge in [-0.3, -0.25) is 0 Å². The molecule has 0 bridgehead atoms. The summed E-state index contributed by atoms with van der Waals surface area (Å²) in [6, 6.07) is 6.15. The van der Waals surface area contributed by atoms with Crippen molar-refractivity contribution < 1.29 is 9.47 Å². The van der Waals surface area contributed by atoms with Gasteiger partial charge in [-0.2, -0.15) is 0 Å². The maximum atomic E-state index is 5.55. The Hall–Kier alpha value is -1.62. The van der Waals surface area contributed by atoms with E-state index < -0.39 is 0 Å². The molecule has 0 saturated carbocycles. The third-order valence-electron chi connectivity index (χ3n) is 2.65. The molecule has 0 radical (unpaired) electrons. The van der Waals surface area contributed by atoms with Crippen LogP contribution in [0.4, 0.5) is 0 Å². The SMILES string of the molecule is CCCC#CCCc1ccc2c(c1)OCCO2. The summed E-state index contributed by atoms with van der Waals surface area (Å²) in [5.41, 5.74) is 1.26. The number of hydrogen-bond donors (Lipinski definition) is 0. The van der Waals surface area contributed by atoms with Gasteiger partial charge in [0.2, 0.25) is 0 Å². The monoisotopic (exact) mass is 230 g/mol. The molecule has 0 atom stereocenters. The first-order valence-electron chi connectivity index (χ1n) is 6.24. The summed E-state index contributed by atoms with van der Waals surface area (Å²) in [5.74, 6) is 8.08. The van der Waals surface area contributed by atoms with E-state index in [1.165, 1.54) is 5.56 Å². The van der Waals surface area contributed by atoms with Crippen LogP contribution in [0, 0.1) is 11.8 Å². The maximum absolute atomic E-state index is 5.55. The van der Waals surface area contributed by atoms with Gasteiger partial charge in [0.15, 0.2) is 11.5 Å². The van der Waals surface area contributed by atoms with Gasteiger partial charge < -0.3 is 9.47 Å². The predicted molar refractivity (Wildman–Crippen MR) is 68.4 cm³/mol. The van der Waals surface area contributed by atoms with Crippen molar-refractivity contribution in [1.29, 1.82) is 0 Å². The zero-order valence-electron chi connectivity index (χ0n) is 10.3. The molecule has 17 heavy (non-hydrogen) atoms. The summed E-state index contributed by atoms with van der Waals surface area (Å²) < 4.78 is 11.0. The topological polar surface area (TPSA) is 18.5 Å². The predicted octanol–water partition coefficient (Wildman–Crippen LogP) is 3.19. The Kier molecular flexibility index (Phi) is 4.32. The lowest BCUT2D eigenvalue weighted by Gasteiger charge is -2.18. The highest BCUT2D eigenvalue weighted by molar-refractivity contribution is 5.43. The second kappa shape index (κ2) is 6.20. The average molecular weight is 230 g/mol. The van der Waals surface area contributed by atoms with Gasteiger partial charge in [0.05, 0.1) is 0 Å². The van der Waals surface area contributed by atoms with Crippen molar-refractivity contribution in [2.75, 3.05) is 13.2 Å². The van der Waals surface area contributed by atoms with Gasteiger partial charge in [-0.25, -0.2) is 0 Å². The summed E-state index contributed by atoms with van der Waals surface area (Å²) in [6.07, 6.45) is 4.03. The van der Waals surface area contributed by atoms with Crippen LogP contribution in [0.5, 0.6) is 11.5 Å². The van der Waals surface area contributed by atoms with Gasteiger partial charge in [0, 0.05) is 12.8 Å². The van der Waals surface area contributed by atoms with Crippen LogP contribution in [0.2, 0.25) is 0 Å². The Labute approximate surface area is 103 Å². The number of aryl methyl sites for hydroxylation is 1. The normalized spacial score (nSPS) is 12.8. The van der Waals surface area contributed by atoms with Crippen LogP contribution in [0.3, 0.4) is 0 Å². The Bertz CT molecular complexity index is 426. The summed E-state index contributed by atoms with van der Waals surface area (Å²) in [6.45, 7) is 3.44. The Morgan fingerprint density at radius 1 is 1.06 bits per heavy atom. The van der Waals surface area contributed by atoms with Crippen LogP contribution in [0.25, 0.3) is 0 Å². The molecule has 90 valence electrons. The van der Waals surface area contributed by atoms with Crippen molar-refractivity contribution in [2.45, 2.75) is 32.6 Å². The molecular formula is C15H18O2. The molecule has 0 N–H and O–H groups in total. The summed E-state index contributed by atoms with van der Waals surface area (Å²) in [7, 11) is 0. The van der Waals surface area contributed by atoms with Crippen LogP contribution in [-0.4, -0.2) is 13.2 Å². The Morgan fingerprint density at radius 2 is 1.82 bits per heavy atom. The number of fused-ring (bicyclic) bond motifs is 1. The lowest BCUT2D eigenvalue weighted by Crippen LogP contribution is -2.15. The van der Waals surface area contributed by atoms with Crippen molar-refractivity contribution in [3.63, 3.8) is 0 Å². The van der Waals surface area contributed by atoms with Gasteiger partial charge in [-0.05, 0) is 30.5 Å². The molecule has 2 rings (SSSR count). The van der Waals surface area contributed by atoms with Gasteiger partial charge in [0.1, 0.15) is 13.2 Å². The van der Waals surface area contributed by atoms with Gasteiger partial charge >= 0.3 is 0 Å². The van der Waals surface area contributed by atoms with Crippen molar-refractivity contribution in [3.8, 4) is 23.3 Å². The molecule has 2 heteroatoms.